The van der Waals surface area contributed by atoms with Crippen LogP contribution in [0.25, 0.3) is 0 Å². The van der Waals surface area contributed by atoms with Crippen LogP contribution >= 0.6 is 0 Å². The Morgan fingerprint density at radius 1 is 1.07 bits per heavy atom. The largest absolute Gasteiger partial charge is 0.493 e. The zero-order valence-corrected chi connectivity index (χ0v) is 16.0. The first kappa shape index (κ1) is 20.3. The molecule has 0 bridgehead atoms. The molecule has 0 spiro atoms. The van der Waals surface area contributed by atoms with Crippen molar-refractivity contribution in [1.82, 2.24) is 0 Å². The molecule has 0 aliphatic rings. The van der Waals surface area contributed by atoms with Crippen molar-refractivity contribution in [2.75, 3.05) is 39.7 Å². The monoisotopic (exact) mass is 368 g/mol. The van der Waals surface area contributed by atoms with Crippen LogP contribution in [-0.2, 0) is 17.6 Å². The maximum atomic E-state index is 12.2. The van der Waals surface area contributed by atoms with Gasteiger partial charge in [-0.3, -0.25) is 4.79 Å². The Kier molecular flexibility index (Phi) is 7.65. The third kappa shape index (κ3) is 6.32. The van der Waals surface area contributed by atoms with E-state index in [9.17, 15) is 4.79 Å². The lowest BCUT2D eigenvalue weighted by Crippen LogP contribution is -3.10. The van der Waals surface area contributed by atoms with E-state index in [4.69, 9.17) is 14.7 Å². The molecular weight excluding hydrogens is 342 g/mol. The van der Waals surface area contributed by atoms with Crippen molar-refractivity contribution in [3.05, 3.63) is 53.6 Å². The number of benzene rings is 2. The summed E-state index contributed by atoms with van der Waals surface area (Å²) in [6.07, 6.45) is 1.21. The fourth-order valence-corrected chi connectivity index (χ4v) is 2.76. The summed E-state index contributed by atoms with van der Waals surface area (Å²) in [6.45, 7) is 1.21. The molecule has 2 aromatic rings. The van der Waals surface area contributed by atoms with Crippen LogP contribution in [0.1, 0.15) is 11.1 Å². The van der Waals surface area contributed by atoms with Crippen LogP contribution in [0.2, 0.25) is 0 Å². The standard InChI is InChI=1S/C21H25N3O3/c1-24(13-11-17-6-9-19(26-2)20(14-17)27-3)15-21(25)23-18-7-4-16(5-8-18)10-12-22/h4-9,14H,10-11,13,15H2,1-3H3,(H,23,25)/p+1. The van der Waals surface area contributed by atoms with E-state index in [1.165, 1.54) is 0 Å². The number of nitrogens with zero attached hydrogens (tertiary/aromatic N) is 1. The summed E-state index contributed by atoms with van der Waals surface area (Å²) in [5.74, 6) is 1.39. The number of ether oxygens (including phenoxy) is 2. The van der Waals surface area contributed by atoms with Gasteiger partial charge in [-0.25, -0.2) is 0 Å². The number of carbonyl (C=O) groups excluding carboxylic acids is 1. The number of amides is 1. The first-order chi connectivity index (χ1) is 13.0. The number of likely N-dealkylation sites (N-methyl/N-ethyl adjacent to an activating group) is 1. The van der Waals surface area contributed by atoms with Crippen molar-refractivity contribution in [3.8, 4) is 17.6 Å². The molecular formula is C21H26N3O3+. The van der Waals surface area contributed by atoms with Gasteiger partial charge in [0.05, 0.1) is 40.3 Å². The van der Waals surface area contributed by atoms with Gasteiger partial charge in [0.1, 0.15) is 0 Å². The normalized spacial score (nSPS) is 11.3. The molecule has 0 radical (unpaired) electrons. The second kappa shape index (κ2) is 10.2. The predicted octanol–water partition coefficient (Wildman–Crippen LogP) is 1.47. The summed E-state index contributed by atoms with van der Waals surface area (Å²) in [5.41, 5.74) is 2.82. The Morgan fingerprint density at radius 3 is 2.37 bits per heavy atom. The van der Waals surface area contributed by atoms with Gasteiger partial charge >= 0.3 is 0 Å². The molecule has 2 aromatic carbocycles. The summed E-state index contributed by atoms with van der Waals surface area (Å²) in [6, 6.07) is 15.3. The zero-order chi connectivity index (χ0) is 19.6. The number of nitrogens with one attached hydrogen (secondary N) is 2. The zero-order valence-electron chi connectivity index (χ0n) is 16.0. The van der Waals surface area contributed by atoms with Crippen LogP contribution in [0.5, 0.6) is 11.5 Å². The summed E-state index contributed by atoms with van der Waals surface area (Å²) in [5, 5.41) is 11.6. The van der Waals surface area contributed by atoms with E-state index in [0.29, 0.717) is 24.5 Å². The molecule has 2 rings (SSSR count). The number of hydrogen-bond donors (Lipinski definition) is 2. The number of anilines is 1. The summed E-state index contributed by atoms with van der Waals surface area (Å²) >= 11 is 0. The summed E-state index contributed by atoms with van der Waals surface area (Å²) in [4.78, 5) is 13.3. The van der Waals surface area contributed by atoms with Gasteiger partial charge in [0.25, 0.3) is 5.91 Å². The second-order valence-electron chi connectivity index (χ2n) is 6.40. The van der Waals surface area contributed by atoms with Gasteiger partial charge < -0.3 is 19.7 Å². The van der Waals surface area contributed by atoms with Gasteiger partial charge in [0.2, 0.25) is 0 Å². The van der Waals surface area contributed by atoms with Gasteiger partial charge in [-0.2, -0.15) is 5.26 Å². The Balaban J connectivity index is 1.82. The number of quaternary nitrogens is 1. The van der Waals surface area contributed by atoms with Gasteiger partial charge in [-0.15, -0.1) is 0 Å². The Hall–Kier alpha value is -3.04. The molecule has 0 heterocycles. The second-order valence-corrected chi connectivity index (χ2v) is 6.40. The first-order valence-corrected chi connectivity index (χ1v) is 8.83. The fourth-order valence-electron chi connectivity index (χ4n) is 2.76. The molecule has 1 unspecified atom stereocenters. The first-order valence-electron chi connectivity index (χ1n) is 8.83. The van der Waals surface area contributed by atoms with E-state index in [0.717, 1.165) is 34.7 Å². The van der Waals surface area contributed by atoms with Crippen molar-refractivity contribution < 1.29 is 19.2 Å². The van der Waals surface area contributed by atoms with Crippen LogP contribution in [-0.4, -0.2) is 40.3 Å². The number of methoxy groups -OCH3 is 2. The Labute approximate surface area is 160 Å². The lowest BCUT2D eigenvalue weighted by atomic mass is 10.1. The molecule has 0 saturated carbocycles. The smallest absolute Gasteiger partial charge is 0.279 e. The van der Waals surface area contributed by atoms with E-state index in [1.807, 2.05) is 49.5 Å². The lowest BCUT2D eigenvalue weighted by molar-refractivity contribution is -0.870. The van der Waals surface area contributed by atoms with Gasteiger partial charge in [0.15, 0.2) is 18.0 Å². The minimum absolute atomic E-state index is 0.0344. The molecule has 0 aliphatic carbocycles. The number of nitriles is 1. The minimum Gasteiger partial charge on any atom is -0.493 e. The van der Waals surface area contributed by atoms with Gasteiger partial charge in [-0.05, 0) is 35.4 Å². The fraction of sp³-hybridized carbons (Fsp3) is 0.333. The van der Waals surface area contributed by atoms with Crippen molar-refractivity contribution in [3.63, 3.8) is 0 Å². The van der Waals surface area contributed by atoms with Crippen molar-refractivity contribution in [1.29, 1.82) is 5.26 Å². The molecule has 1 atom stereocenters. The molecule has 0 aromatic heterocycles. The van der Waals surface area contributed by atoms with Crippen molar-refractivity contribution in [2.24, 2.45) is 0 Å². The van der Waals surface area contributed by atoms with Crippen LogP contribution in [0.4, 0.5) is 5.69 Å². The van der Waals surface area contributed by atoms with Crippen molar-refractivity contribution >= 4 is 11.6 Å². The summed E-state index contributed by atoms with van der Waals surface area (Å²) in [7, 11) is 5.23. The Bertz CT molecular complexity index is 797. The highest BCUT2D eigenvalue weighted by molar-refractivity contribution is 5.91. The lowest BCUT2D eigenvalue weighted by Gasteiger charge is -2.15. The molecule has 2 N–H and O–H groups in total. The highest BCUT2D eigenvalue weighted by Crippen LogP contribution is 2.27. The van der Waals surface area contributed by atoms with Crippen molar-refractivity contribution in [2.45, 2.75) is 12.8 Å². The van der Waals surface area contributed by atoms with E-state index in [1.54, 1.807) is 14.2 Å². The quantitative estimate of drug-likeness (QED) is 0.703. The van der Waals surface area contributed by atoms with Crippen LogP contribution < -0.4 is 19.7 Å². The maximum absolute atomic E-state index is 12.2. The van der Waals surface area contributed by atoms with E-state index >= 15 is 0 Å². The SMILES string of the molecule is COc1ccc(CC[NH+](C)CC(=O)Nc2ccc(CC#N)cc2)cc1OC. The van der Waals surface area contributed by atoms with E-state index < -0.39 is 0 Å². The molecule has 6 nitrogen and oxygen atoms in total. The maximum Gasteiger partial charge on any atom is 0.279 e. The molecule has 142 valence electrons. The number of carbonyl (C=O) groups is 1. The molecule has 27 heavy (non-hydrogen) atoms. The third-order valence-electron chi connectivity index (χ3n) is 4.27. The topological polar surface area (TPSA) is 75.8 Å². The van der Waals surface area contributed by atoms with E-state index in [-0.39, 0.29) is 5.91 Å². The van der Waals surface area contributed by atoms with Crippen LogP contribution in [0, 0.1) is 11.3 Å². The van der Waals surface area contributed by atoms with Crippen LogP contribution in [0.3, 0.4) is 0 Å². The third-order valence-corrected chi connectivity index (χ3v) is 4.27. The number of rotatable bonds is 9. The van der Waals surface area contributed by atoms with Crippen LogP contribution in [0.15, 0.2) is 42.5 Å². The predicted molar refractivity (Wildman–Crippen MR) is 104 cm³/mol. The highest BCUT2D eigenvalue weighted by atomic mass is 16.5. The average molecular weight is 368 g/mol. The van der Waals surface area contributed by atoms with Gasteiger partial charge in [0, 0.05) is 12.1 Å². The van der Waals surface area contributed by atoms with Gasteiger partial charge in [-0.1, -0.05) is 18.2 Å². The number of hydrogen-bond acceptors (Lipinski definition) is 4. The Morgan fingerprint density at radius 2 is 1.74 bits per heavy atom. The molecule has 6 heteroatoms. The van der Waals surface area contributed by atoms with E-state index in [2.05, 4.69) is 11.4 Å². The molecule has 0 saturated heterocycles. The minimum atomic E-state index is -0.0344. The molecule has 1 amide bonds. The molecule has 0 fully saturated rings. The average Bonchev–Trinajstić information content (AvgIpc) is 2.67. The molecule has 0 aliphatic heterocycles. The summed E-state index contributed by atoms with van der Waals surface area (Å²) < 4.78 is 10.6. The highest BCUT2D eigenvalue weighted by Gasteiger charge is 2.11.